The minimum atomic E-state index is -0.173. The van der Waals surface area contributed by atoms with Gasteiger partial charge >= 0.3 is 0 Å². The van der Waals surface area contributed by atoms with Crippen LogP contribution in [-0.2, 0) is 14.4 Å². The maximum Gasteiger partial charge on any atom is 0.232 e. The molecular formula is C11H21N3O3S3. The summed E-state index contributed by atoms with van der Waals surface area (Å²) in [4.78, 5) is 35.3. The Labute approximate surface area is 135 Å². The van der Waals surface area contributed by atoms with Gasteiger partial charge in [-0.05, 0) is 6.42 Å². The number of rotatable bonds is 10. The number of thiol groups is 3. The molecule has 116 valence electrons. The van der Waals surface area contributed by atoms with Crippen molar-refractivity contribution in [3.8, 4) is 0 Å². The van der Waals surface area contributed by atoms with Crippen molar-refractivity contribution in [2.75, 3.05) is 43.4 Å². The number of hydrogen-bond donors (Lipinski definition) is 5. The van der Waals surface area contributed by atoms with Crippen LogP contribution in [0.5, 0.6) is 0 Å². The van der Waals surface area contributed by atoms with Crippen LogP contribution in [0.4, 0.5) is 0 Å². The van der Waals surface area contributed by atoms with E-state index >= 15 is 0 Å². The normalized spacial score (nSPS) is 9.95. The lowest BCUT2D eigenvalue weighted by molar-refractivity contribution is -0.129. The highest BCUT2D eigenvalue weighted by Crippen LogP contribution is 1.94. The molecule has 0 spiro atoms. The topological polar surface area (TPSA) is 78.5 Å². The first-order valence-electron chi connectivity index (χ1n) is 6.18. The molecule has 9 heteroatoms. The Morgan fingerprint density at radius 2 is 1.35 bits per heavy atom. The molecule has 0 aromatic heterocycles. The second-order valence-corrected chi connectivity index (χ2v) is 4.86. The summed E-state index contributed by atoms with van der Waals surface area (Å²) in [5.41, 5.74) is 0. The molecule has 0 aliphatic carbocycles. The lowest BCUT2D eigenvalue weighted by Gasteiger charge is -2.22. The molecule has 0 aromatic carbocycles. The quantitative estimate of drug-likeness (QED) is 0.268. The lowest BCUT2D eigenvalue weighted by atomic mass is 10.3. The Morgan fingerprint density at radius 3 is 1.85 bits per heavy atom. The average Bonchev–Trinajstić information content (AvgIpc) is 2.47. The van der Waals surface area contributed by atoms with Crippen molar-refractivity contribution in [1.82, 2.24) is 15.5 Å². The first kappa shape index (κ1) is 19.5. The van der Waals surface area contributed by atoms with Crippen molar-refractivity contribution in [3.63, 3.8) is 0 Å². The fourth-order valence-corrected chi connectivity index (χ4v) is 1.82. The van der Waals surface area contributed by atoms with Gasteiger partial charge in [-0.1, -0.05) is 0 Å². The Kier molecular flexibility index (Phi) is 11.9. The zero-order valence-electron chi connectivity index (χ0n) is 11.2. The van der Waals surface area contributed by atoms with Gasteiger partial charge in [0.25, 0.3) is 0 Å². The van der Waals surface area contributed by atoms with Gasteiger partial charge in [0.15, 0.2) is 0 Å². The summed E-state index contributed by atoms with van der Waals surface area (Å²) < 4.78 is 0. The highest BCUT2D eigenvalue weighted by molar-refractivity contribution is 7.81. The fraction of sp³-hybridized carbons (Fsp3) is 0.727. The molecule has 0 saturated carbocycles. The number of hydrogen-bond acceptors (Lipinski definition) is 6. The van der Waals surface area contributed by atoms with E-state index in [0.717, 1.165) is 0 Å². The molecule has 0 saturated heterocycles. The summed E-state index contributed by atoms with van der Waals surface area (Å²) in [6.07, 6.45) is 0.638. The fourth-order valence-electron chi connectivity index (χ4n) is 1.40. The number of nitrogens with zero attached hydrogens (tertiary/aromatic N) is 1. The van der Waals surface area contributed by atoms with Crippen molar-refractivity contribution < 1.29 is 14.4 Å². The largest absolute Gasteiger partial charge is 0.355 e. The molecule has 0 atom stereocenters. The average molecular weight is 340 g/mol. The molecule has 6 nitrogen and oxygen atoms in total. The summed E-state index contributed by atoms with van der Waals surface area (Å²) in [5.74, 6) is -0.0301. The second kappa shape index (κ2) is 12.2. The number of amides is 3. The standard InChI is InChI=1S/C11H21N3O3S3/c15-9(6-18)12-2-1-4-14(11(17)8-20)5-3-13-10(16)7-19/h18-20H,1-8H2,(H,12,15)(H,13,16). The van der Waals surface area contributed by atoms with Crippen LogP contribution in [0.25, 0.3) is 0 Å². The van der Waals surface area contributed by atoms with Gasteiger partial charge in [0.1, 0.15) is 0 Å². The molecule has 20 heavy (non-hydrogen) atoms. The van der Waals surface area contributed by atoms with E-state index in [-0.39, 0.29) is 35.0 Å². The van der Waals surface area contributed by atoms with Crippen molar-refractivity contribution in [2.24, 2.45) is 0 Å². The molecule has 0 radical (unpaired) electrons. The predicted octanol–water partition coefficient (Wildman–Crippen LogP) is -0.773. The third kappa shape index (κ3) is 9.38. The van der Waals surface area contributed by atoms with E-state index in [0.29, 0.717) is 32.6 Å². The third-order valence-corrected chi connectivity index (χ3v) is 3.25. The molecule has 0 rings (SSSR count). The molecule has 0 aliphatic rings. The first-order valence-corrected chi connectivity index (χ1v) is 8.08. The Hall–Kier alpha value is -0.540. The van der Waals surface area contributed by atoms with Crippen LogP contribution in [0, 0.1) is 0 Å². The number of carbonyl (C=O) groups is 3. The zero-order valence-corrected chi connectivity index (χ0v) is 13.9. The molecule has 0 aromatic rings. The minimum absolute atomic E-state index is 0.103. The smallest absolute Gasteiger partial charge is 0.232 e. The maximum absolute atomic E-state index is 11.7. The van der Waals surface area contributed by atoms with Gasteiger partial charge in [0.05, 0.1) is 17.3 Å². The number of carbonyl (C=O) groups excluding carboxylic acids is 3. The van der Waals surface area contributed by atoms with E-state index in [1.807, 2.05) is 0 Å². The first-order chi connectivity index (χ1) is 9.54. The Bertz CT molecular complexity index is 329. The SMILES string of the molecule is O=C(CS)NCCCN(CCNC(=O)CS)C(=O)CS. The highest BCUT2D eigenvalue weighted by atomic mass is 32.1. The highest BCUT2D eigenvalue weighted by Gasteiger charge is 2.11. The van der Waals surface area contributed by atoms with Crippen LogP contribution < -0.4 is 10.6 Å². The van der Waals surface area contributed by atoms with Gasteiger partial charge in [0, 0.05) is 26.2 Å². The molecule has 0 heterocycles. The van der Waals surface area contributed by atoms with E-state index in [9.17, 15) is 14.4 Å². The van der Waals surface area contributed by atoms with E-state index < -0.39 is 0 Å². The summed E-state index contributed by atoms with van der Waals surface area (Å²) in [6, 6.07) is 0. The molecule has 0 unspecified atom stereocenters. The lowest BCUT2D eigenvalue weighted by Crippen LogP contribution is -2.41. The van der Waals surface area contributed by atoms with E-state index in [1.54, 1.807) is 4.90 Å². The molecule has 2 N–H and O–H groups in total. The van der Waals surface area contributed by atoms with Gasteiger partial charge in [-0.3, -0.25) is 14.4 Å². The monoisotopic (exact) mass is 339 g/mol. The van der Waals surface area contributed by atoms with Crippen molar-refractivity contribution in [2.45, 2.75) is 6.42 Å². The van der Waals surface area contributed by atoms with Crippen LogP contribution in [0.15, 0.2) is 0 Å². The number of nitrogens with one attached hydrogen (secondary N) is 2. The van der Waals surface area contributed by atoms with Crippen molar-refractivity contribution in [1.29, 1.82) is 0 Å². The predicted molar refractivity (Wildman–Crippen MR) is 88.8 cm³/mol. The molecular weight excluding hydrogens is 318 g/mol. The van der Waals surface area contributed by atoms with Crippen LogP contribution in [0.1, 0.15) is 6.42 Å². The molecule has 0 aliphatic heterocycles. The summed E-state index contributed by atoms with van der Waals surface area (Å²) in [5, 5.41) is 5.32. The van der Waals surface area contributed by atoms with Gasteiger partial charge in [0.2, 0.25) is 17.7 Å². The Balaban J connectivity index is 4.00. The summed E-state index contributed by atoms with van der Waals surface area (Å²) in [6.45, 7) is 1.78. The van der Waals surface area contributed by atoms with Crippen molar-refractivity contribution >= 4 is 55.6 Å². The van der Waals surface area contributed by atoms with E-state index in [1.165, 1.54) is 0 Å². The third-order valence-electron chi connectivity index (χ3n) is 2.41. The second-order valence-electron chi connectivity index (χ2n) is 3.91. The van der Waals surface area contributed by atoms with Gasteiger partial charge in [-0.2, -0.15) is 37.9 Å². The van der Waals surface area contributed by atoms with Gasteiger partial charge in [-0.15, -0.1) is 0 Å². The van der Waals surface area contributed by atoms with E-state index in [4.69, 9.17) is 0 Å². The van der Waals surface area contributed by atoms with Crippen LogP contribution in [-0.4, -0.2) is 66.1 Å². The molecule has 3 amide bonds. The van der Waals surface area contributed by atoms with Crippen LogP contribution >= 0.6 is 37.9 Å². The van der Waals surface area contributed by atoms with Crippen LogP contribution in [0.2, 0.25) is 0 Å². The van der Waals surface area contributed by atoms with Crippen LogP contribution in [0.3, 0.4) is 0 Å². The van der Waals surface area contributed by atoms with Crippen molar-refractivity contribution in [3.05, 3.63) is 0 Å². The maximum atomic E-state index is 11.7. The molecule has 0 fully saturated rings. The zero-order chi connectivity index (χ0) is 15.4. The Morgan fingerprint density at radius 1 is 0.800 bits per heavy atom. The summed E-state index contributed by atoms with van der Waals surface area (Å²) in [7, 11) is 0. The van der Waals surface area contributed by atoms with Gasteiger partial charge in [-0.25, -0.2) is 0 Å². The van der Waals surface area contributed by atoms with Gasteiger partial charge < -0.3 is 15.5 Å². The molecule has 0 bridgehead atoms. The summed E-state index contributed by atoms with van der Waals surface area (Å²) >= 11 is 11.7. The minimum Gasteiger partial charge on any atom is -0.355 e. The van der Waals surface area contributed by atoms with E-state index in [2.05, 4.69) is 48.5 Å².